The molecular weight excluding hydrogens is 260 g/mol. The van der Waals surface area contributed by atoms with Crippen molar-refractivity contribution in [2.24, 2.45) is 5.92 Å². The monoisotopic (exact) mass is 286 g/mol. The summed E-state index contributed by atoms with van der Waals surface area (Å²) in [7, 11) is 0. The summed E-state index contributed by atoms with van der Waals surface area (Å²) in [6.07, 6.45) is 1.22. The fourth-order valence-electron chi connectivity index (χ4n) is 2.14. The molecular formula is C15H26O5. The van der Waals surface area contributed by atoms with Gasteiger partial charge in [0.05, 0.1) is 13.2 Å². The summed E-state index contributed by atoms with van der Waals surface area (Å²) in [5, 5.41) is 0. The Kier molecular flexibility index (Phi) is 5.71. The van der Waals surface area contributed by atoms with Gasteiger partial charge in [0.1, 0.15) is 17.3 Å². The first-order valence-electron chi connectivity index (χ1n) is 7.22. The first-order chi connectivity index (χ1) is 9.20. The Balaban J connectivity index is 2.73. The number of hydrogen-bond acceptors (Lipinski definition) is 5. The molecule has 1 aliphatic heterocycles. The van der Waals surface area contributed by atoms with E-state index in [0.717, 1.165) is 0 Å². The largest absolute Gasteiger partial charge is 0.460 e. The Labute approximate surface area is 121 Å². The van der Waals surface area contributed by atoms with Crippen LogP contribution in [0.4, 0.5) is 0 Å². The molecule has 0 N–H and O–H groups in total. The molecule has 1 atom stereocenters. The lowest BCUT2D eigenvalue weighted by molar-refractivity contribution is -0.215. The van der Waals surface area contributed by atoms with Crippen LogP contribution in [0.2, 0.25) is 0 Å². The summed E-state index contributed by atoms with van der Waals surface area (Å²) in [5.74, 6) is -1.80. The van der Waals surface area contributed by atoms with E-state index in [0.29, 0.717) is 32.5 Å². The van der Waals surface area contributed by atoms with Crippen molar-refractivity contribution in [3.05, 3.63) is 0 Å². The normalized spacial score (nSPS) is 19.6. The molecule has 0 aromatic carbocycles. The molecule has 1 saturated heterocycles. The Morgan fingerprint density at radius 3 is 2.25 bits per heavy atom. The van der Waals surface area contributed by atoms with Crippen LogP contribution >= 0.6 is 0 Å². The smallest absolute Gasteiger partial charge is 0.314 e. The maximum atomic E-state index is 12.2. The molecule has 1 aliphatic rings. The summed E-state index contributed by atoms with van der Waals surface area (Å²) in [4.78, 5) is 23.7. The van der Waals surface area contributed by atoms with Crippen LogP contribution in [0.25, 0.3) is 0 Å². The quantitative estimate of drug-likeness (QED) is 0.702. The highest BCUT2D eigenvalue weighted by molar-refractivity contribution is 5.78. The summed E-state index contributed by atoms with van der Waals surface area (Å²) in [6, 6.07) is 0. The van der Waals surface area contributed by atoms with Crippen molar-refractivity contribution in [3.63, 3.8) is 0 Å². The van der Waals surface area contributed by atoms with Gasteiger partial charge in [-0.05, 0) is 27.7 Å². The zero-order valence-electron chi connectivity index (χ0n) is 13.2. The zero-order valence-corrected chi connectivity index (χ0v) is 13.2. The predicted molar refractivity (Wildman–Crippen MR) is 74.2 cm³/mol. The molecule has 0 saturated carbocycles. The molecule has 0 spiro atoms. The lowest BCUT2D eigenvalue weighted by atomic mass is 9.94. The molecule has 1 rings (SSSR count). The van der Waals surface area contributed by atoms with Crippen molar-refractivity contribution in [2.45, 2.75) is 65.3 Å². The Morgan fingerprint density at radius 2 is 1.80 bits per heavy atom. The molecule has 116 valence electrons. The van der Waals surface area contributed by atoms with E-state index >= 15 is 0 Å². The van der Waals surface area contributed by atoms with Crippen molar-refractivity contribution >= 4 is 11.8 Å². The van der Waals surface area contributed by atoms with Crippen LogP contribution in [0.5, 0.6) is 0 Å². The predicted octanol–water partition coefficient (Wildman–Crippen LogP) is 2.47. The highest BCUT2D eigenvalue weighted by Gasteiger charge is 2.47. The SMILES string of the molecule is CCC(=O)CCC1(C(C)C(=O)OC(C)(C)C)OCCO1. The Morgan fingerprint density at radius 1 is 1.25 bits per heavy atom. The Hall–Kier alpha value is -0.940. The van der Waals surface area contributed by atoms with Crippen molar-refractivity contribution in [1.82, 2.24) is 0 Å². The van der Waals surface area contributed by atoms with E-state index < -0.39 is 17.3 Å². The van der Waals surface area contributed by atoms with Crippen LogP contribution in [0.1, 0.15) is 53.9 Å². The molecule has 20 heavy (non-hydrogen) atoms. The standard InChI is InChI=1S/C15H26O5/c1-6-12(16)7-8-15(18-9-10-19-15)11(2)13(17)20-14(3,4)5/h11H,6-10H2,1-5H3. The second-order valence-electron chi connectivity index (χ2n) is 6.16. The van der Waals surface area contributed by atoms with E-state index in [1.54, 1.807) is 6.92 Å². The number of Topliss-reactive ketones (excluding diaryl/α,β-unsaturated/α-hetero) is 1. The number of rotatable bonds is 6. The number of ketones is 1. The van der Waals surface area contributed by atoms with Crippen LogP contribution in [-0.2, 0) is 23.8 Å². The molecule has 0 amide bonds. The van der Waals surface area contributed by atoms with Crippen LogP contribution in [0.15, 0.2) is 0 Å². The molecule has 1 fully saturated rings. The third-order valence-corrected chi connectivity index (χ3v) is 3.34. The average Bonchev–Trinajstić information content (AvgIpc) is 2.82. The second kappa shape index (κ2) is 6.68. The molecule has 0 bridgehead atoms. The lowest BCUT2D eigenvalue weighted by Crippen LogP contribution is -2.44. The number of carbonyl (C=O) groups is 2. The number of esters is 1. The summed E-state index contributed by atoms with van der Waals surface area (Å²) in [6.45, 7) is 9.89. The third kappa shape index (κ3) is 4.56. The minimum atomic E-state index is -1.02. The highest BCUT2D eigenvalue weighted by Crippen LogP contribution is 2.34. The van der Waals surface area contributed by atoms with Gasteiger partial charge in [0, 0.05) is 19.3 Å². The molecule has 5 heteroatoms. The molecule has 0 aromatic rings. The van der Waals surface area contributed by atoms with E-state index in [-0.39, 0.29) is 11.8 Å². The van der Waals surface area contributed by atoms with Gasteiger partial charge in [0.15, 0.2) is 5.79 Å². The first kappa shape index (κ1) is 17.1. The van der Waals surface area contributed by atoms with Crippen LogP contribution in [-0.4, -0.2) is 36.4 Å². The topological polar surface area (TPSA) is 61.8 Å². The summed E-state index contributed by atoms with van der Waals surface area (Å²) < 4.78 is 16.7. The van der Waals surface area contributed by atoms with Crippen molar-refractivity contribution < 1.29 is 23.8 Å². The first-order valence-corrected chi connectivity index (χ1v) is 7.22. The molecule has 0 aromatic heterocycles. The van der Waals surface area contributed by atoms with Crippen molar-refractivity contribution in [3.8, 4) is 0 Å². The van der Waals surface area contributed by atoms with Gasteiger partial charge in [-0.15, -0.1) is 0 Å². The van der Waals surface area contributed by atoms with Crippen LogP contribution in [0.3, 0.4) is 0 Å². The van der Waals surface area contributed by atoms with Gasteiger partial charge >= 0.3 is 5.97 Å². The van der Waals surface area contributed by atoms with Gasteiger partial charge in [-0.2, -0.15) is 0 Å². The van der Waals surface area contributed by atoms with Crippen LogP contribution in [0, 0.1) is 5.92 Å². The zero-order chi connectivity index (χ0) is 15.4. The molecule has 1 unspecified atom stereocenters. The van der Waals surface area contributed by atoms with Crippen molar-refractivity contribution in [1.29, 1.82) is 0 Å². The third-order valence-electron chi connectivity index (χ3n) is 3.34. The number of carbonyl (C=O) groups excluding carboxylic acids is 2. The molecule has 0 radical (unpaired) electrons. The fraction of sp³-hybridized carbons (Fsp3) is 0.867. The molecule has 1 heterocycles. The number of ether oxygens (including phenoxy) is 3. The lowest BCUT2D eigenvalue weighted by Gasteiger charge is -2.33. The van der Waals surface area contributed by atoms with E-state index in [2.05, 4.69) is 0 Å². The average molecular weight is 286 g/mol. The highest BCUT2D eigenvalue weighted by atomic mass is 16.7. The maximum Gasteiger partial charge on any atom is 0.314 e. The van der Waals surface area contributed by atoms with Crippen molar-refractivity contribution in [2.75, 3.05) is 13.2 Å². The number of hydrogen-bond donors (Lipinski definition) is 0. The van der Waals surface area contributed by atoms with Crippen LogP contribution < -0.4 is 0 Å². The van der Waals surface area contributed by atoms with Gasteiger partial charge < -0.3 is 14.2 Å². The second-order valence-corrected chi connectivity index (χ2v) is 6.16. The van der Waals surface area contributed by atoms with E-state index in [1.807, 2.05) is 27.7 Å². The molecule has 0 aliphatic carbocycles. The van der Waals surface area contributed by atoms with E-state index in [4.69, 9.17) is 14.2 Å². The van der Waals surface area contributed by atoms with Gasteiger partial charge in [-0.3, -0.25) is 9.59 Å². The van der Waals surface area contributed by atoms with Gasteiger partial charge in [-0.25, -0.2) is 0 Å². The maximum absolute atomic E-state index is 12.2. The van der Waals surface area contributed by atoms with E-state index in [9.17, 15) is 9.59 Å². The van der Waals surface area contributed by atoms with Gasteiger partial charge in [0.2, 0.25) is 0 Å². The molecule has 5 nitrogen and oxygen atoms in total. The minimum absolute atomic E-state index is 0.139. The summed E-state index contributed by atoms with van der Waals surface area (Å²) >= 11 is 0. The minimum Gasteiger partial charge on any atom is -0.460 e. The Bertz CT molecular complexity index is 350. The fourth-order valence-corrected chi connectivity index (χ4v) is 2.14. The summed E-state index contributed by atoms with van der Waals surface area (Å²) in [5.41, 5.74) is -0.551. The van der Waals surface area contributed by atoms with E-state index in [1.165, 1.54) is 0 Å². The van der Waals surface area contributed by atoms with Gasteiger partial charge in [0.25, 0.3) is 0 Å². The van der Waals surface area contributed by atoms with Gasteiger partial charge in [-0.1, -0.05) is 6.92 Å².